The maximum absolute atomic E-state index is 13.1. The summed E-state index contributed by atoms with van der Waals surface area (Å²) in [6, 6.07) is 9.14. The van der Waals surface area contributed by atoms with Crippen LogP contribution in [0.3, 0.4) is 0 Å². The van der Waals surface area contributed by atoms with Crippen molar-refractivity contribution >= 4 is 28.3 Å². The van der Waals surface area contributed by atoms with Gasteiger partial charge in [0.05, 0.1) is 17.4 Å². The highest BCUT2D eigenvalue weighted by atomic mass is 16.2. The maximum Gasteiger partial charge on any atom is 0.275 e. The molecule has 8 heteroatoms. The highest BCUT2D eigenvalue weighted by Crippen LogP contribution is 2.27. The third-order valence-corrected chi connectivity index (χ3v) is 5.16. The summed E-state index contributed by atoms with van der Waals surface area (Å²) in [5.74, 6) is 0.327. The van der Waals surface area contributed by atoms with Gasteiger partial charge in [-0.05, 0) is 43.2 Å². The van der Waals surface area contributed by atoms with E-state index in [0.29, 0.717) is 17.1 Å². The zero-order chi connectivity index (χ0) is 22.1. The maximum atomic E-state index is 13.1. The zero-order valence-electron chi connectivity index (χ0n) is 17.7. The second kappa shape index (κ2) is 7.98. The van der Waals surface area contributed by atoms with Crippen molar-refractivity contribution < 1.29 is 4.79 Å². The first-order chi connectivity index (χ1) is 14.9. The van der Waals surface area contributed by atoms with Crippen molar-refractivity contribution in [2.45, 2.75) is 13.8 Å². The van der Waals surface area contributed by atoms with Gasteiger partial charge in [-0.2, -0.15) is 0 Å². The van der Waals surface area contributed by atoms with Crippen molar-refractivity contribution in [2.24, 2.45) is 7.05 Å². The summed E-state index contributed by atoms with van der Waals surface area (Å²) in [4.78, 5) is 38.2. The van der Waals surface area contributed by atoms with Crippen LogP contribution in [-0.2, 0) is 7.05 Å². The van der Waals surface area contributed by atoms with Crippen LogP contribution in [0.15, 0.2) is 53.7 Å². The van der Waals surface area contributed by atoms with Crippen LogP contribution in [-0.4, -0.2) is 32.5 Å². The first-order valence-corrected chi connectivity index (χ1v) is 9.76. The highest BCUT2D eigenvalue weighted by Gasteiger charge is 2.14. The molecule has 0 aliphatic heterocycles. The highest BCUT2D eigenvalue weighted by molar-refractivity contribution is 6.03. The predicted molar refractivity (Wildman–Crippen MR) is 121 cm³/mol. The summed E-state index contributed by atoms with van der Waals surface area (Å²) in [6.07, 6.45) is 4.72. The molecule has 0 saturated heterocycles. The number of aryl methyl sites for hydroxylation is 3. The number of pyridine rings is 2. The summed E-state index contributed by atoms with van der Waals surface area (Å²) in [7, 11) is 3.52. The van der Waals surface area contributed by atoms with Crippen LogP contribution in [0.5, 0.6) is 0 Å². The van der Waals surface area contributed by atoms with E-state index in [0.717, 1.165) is 27.7 Å². The van der Waals surface area contributed by atoms with Crippen LogP contribution >= 0.6 is 0 Å². The summed E-state index contributed by atoms with van der Waals surface area (Å²) < 4.78 is 1.61. The minimum Gasteiger partial charge on any atom is -0.373 e. The van der Waals surface area contributed by atoms with Gasteiger partial charge in [0.15, 0.2) is 0 Å². The quantitative estimate of drug-likeness (QED) is 0.531. The molecule has 0 saturated carbocycles. The standard InChI is InChI=1S/C23H22N6O2/c1-13-5-6-16(28-22(30)19-12-25-14(2)10-26-19)8-17(13)18-7-15-11-27-21(24-3)9-20(15)29(4)23(18)31/h5-12H,1-4H3,(H,24,27)(H,28,30). The van der Waals surface area contributed by atoms with E-state index in [9.17, 15) is 9.59 Å². The van der Waals surface area contributed by atoms with Crippen LogP contribution in [0, 0.1) is 13.8 Å². The number of nitrogens with one attached hydrogen (secondary N) is 2. The molecule has 3 heterocycles. The van der Waals surface area contributed by atoms with Crippen molar-refractivity contribution in [3.05, 3.63) is 76.2 Å². The molecular formula is C23H22N6O2. The van der Waals surface area contributed by atoms with Crippen molar-refractivity contribution in [1.82, 2.24) is 19.5 Å². The van der Waals surface area contributed by atoms with Gasteiger partial charge in [-0.25, -0.2) is 9.97 Å². The molecule has 1 aromatic carbocycles. The van der Waals surface area contributed by atoms with E-state index >= 15 is 0 Å². The second-order valence-corrected chi connectivity index (χ2v) is 7.33. The molecule has 0 radical (unpaired) electrons. The minimum absolute atomic E-state index is 0.128. The van der Waals surface area contributed by atoms with Gasteiger partial charge in [0.25, 0.3) is 11.5 Å². The van der Waals surface area contributed by atoms with Crippen molar-refractivity contribution in [3.63, 3.8) is 0 Å². The lowest BCUT2D eigenvalue weighted by molar-refractivity contribution is 0.102. The molecule has 1 amide bonds. The number of hydrogen-bond donors (Lipinski definition) is 2. The van der Waals surface area contributed by atoms with Gasteiger partial charge >= 0.3 is 0 Å². The van der Waals surface area contributed by atoms with E-state index in [1.165, 1.54) is 6.20 Å². The van der Waals surface area contributed by atoms with Crippen LogP contribution in [0.2, 0.25) is 0 Å². The Balaban J connectivity index is 1.75. The number of hydrogen-bond acceptors (Lipinski definition) is 6. The normalized spacial score (nSPS) is 10.8. The van der Waals surface area contributed by atoms with Gasteiger partial charge < -0.3 is 15.2 Å². The summed E-state index contributed by atoms with van der Waals surface area (Å²) in [6.45, 7) is 3.73. The number of aromatic nitrogens is 4. The van der Waals surface area contributed by atoms with Gasteiger partial charge in [-0.1, -0.05) is 6.07 Å². The molecule has 0 spiro atoms. The molecule has 0 bridgehead atoms. The minimum atomic E-state index is -0.363. The van der Waals surface area contributed by atoms with Crippen LogP contribution in [0.1, 0.15) is 21.7 Å². The van der Waals surface area contributed by atoms with Crippen molar-refractivity contribution in [1.29, 1.82) is 0 Å². The molecule has 8 nitrogen and oxygen atoms in total. The Morgan fingerprint density at radius 2 is 1.77 bits per heavy atom. The molecule has 4 rings (SSSR count). The van der Waals surface area contributed by atoms with E-state index in [2.05, 4.69) is 25.6 Å². The molecule has 31 heavy (non-hydrogen) atoms. The summed E-state index contributed by atoms with van der Waals surface area (Å²) in [5.41, 5.74) is 4.39. The fourth-order valence-electron chi connectivity index (χ4n) is 3.39. The molecule has 0 aliphatic carbocycles. The molecular weight excluding hydrogens is 392 g/mol. The van der Waals surface area contributed by atoms with Crippen LogP contribution in [0.25, 0.3) is 22.0 Å². The number of carbonyl (C=O) groups is 1. The van der Waals surface area contributed by atoms with Gasteiger partial charge in [0.1, 0.15) is 11.5 Å². The lowest BCUT2D eigenvalue weighted by atomic mass is 9.99. The second-order valence-electron chi connectivity index (χ2n) is 7.33. The fourth-order valence-corrected chi connectivity index (χ4v) is 3.39. The Kier molecular flexibility index (Phi) is 5.21. The summed E-state index contributed by atoms with van der Waals surface area (Å²) >= 11 is 0. The Morgan fingerprint density at radius 3 is 2.48 bits per heavy atom. The van der Waals surface area contributed by atoms with Gasteiger partial charge in [0, 0.05) is 49.2 Å². The average Bonchev–Trinajstić information content (AvgIpc) is 2.78. The third kappa shape index (κ3) is 3.87. The van der Waals surface area contributed by atoms with E-state index in [1.807, 2.05) is 25.1 Å². The number of fused-ring (bicyclic) bond motifs is 1. The SMILES string of the molecule is CNc1cc2c(cn1)cc(-c1cc(NC(=O)c3cnc(C)cn3)ccc1C)c(=O)n2C. The average molecular weight is 414 g/mol. The largest absolute Gasteiger partial charge is 0.373 e. The zero-order valence-corrected chi connectivity index (χ0v) is 17.7. The molecule has 3 aromatic heterocycles. The van der Waals surface area contributed by atoms with Crippen LogP contribution in [0.4, 0.5) is 11.5 Å². The molecule has 0 unspecified atom stereocenters. The number of rotatable bonds is 4. The number of amides is 1. The predicted octanol–water partition coefficient (Wildman–Crippen LogP) is 3.30. The van der Waals surface area contributed by atoms with E-state index < -0.39 is 0 Å². The molecule has 156 valence electrons. The first kappa shape index (κ1) is 20.2. The molecule has 0 atom stereocenters. The Morgan fingerprint density at radius 1 is 0.968 bits per heavy atom. The fraction of sp³-hybridized carbons (Fsp3) is 0.174. The molecule has 0 aliphatic rings. The molecule has 2 N–H and O–H groups in total. The Bertz CT molecular complexity index is 1360. The number of carbonyl (C=O) groups excluding carboxylic acids is 1. The van der Waals surface area contributed by atoms with Gasteiger partial charge in [-0.3, -0.25) is 14.6 Å². The lowest BCUT2D eigenvalue weighted by Crippen LogP contribution is -2.19. The van der Waals surface area contributed by atoms with E-state index in [-0.39, 0.29) is 17.2 Å². The summed E-state index contributed by atoms with van der Waals surface area (Å²) in [5, 5.41) is 6.66. The Labute approximate surface area is 179 Å². The third-order valence-electron chi connectivity index (χ3n) is 5.16. The monoisotopic (exact) mass is 414 g/mol. The number of nitrogens with zero attached hydrogens (tertiary/aromatic N) is 4. The Hall–Kier alpha value is -4.07. The first-order valence-electron chi connectivity index (χ1n) is 9.76. The van der Waals surface area contributed by atoms with E-state index in [4.69, 9.17) is 0 Å². The smallest absolute Gasteiger partial charge is 0.275 e. The topological polar surface area (TPSA) is 102 Å². The number of anilines is 2. The van der Waals surface area contributed by atoms with Crippen molar-refractivity contribution in [2.75, 3.05) is 17.7 Å². The van der Waals surface area contributed by atoms with Gasteiger partial charge in [-0.15, -0.1) is 0 Å². The number of benzene rings is 1. The van der Waals surface area contributed by atoms with E-state index in [1.54, 1.807) is 50.1 Å². The van der Waals surface area contributed by atoms with Gasteiger partial charge in [0.2, 0.25) is 0 Å². The lowest BCUT2D eigenvalue weighted by Gasteiger charge is -2.13. The van der Waals surface area contributed by atoms with Crippen LogP contribution < -0.4 is 16.2 Å². The molecule has 4 aromatic rings. The molecule has 0 fully saturated rings. The van der Waals surface area contributed by atoms with Crippen molar-refractivity contribution in [3.8, 4) is 11.1 Å².